The number of likely N-dealkylation sites (tertiary alicyclic amines) is 1. The van der Waals surface area contributed by atoms with Crippen molar-refractivity contribution in [3.05, 3.63) is 35.9 Å². The van der Waals surface area contributed by atoms with Crippen LogP contribution in [-0.4, -0.2) is 70.8 Å². The number of nitrogens with zero attached hydrogens (tertiary/aromatic N) is 4. The third-order valence-electron chi connectivity index (χ3n) is 5.16. The molecule has 1 saturated heterocycles. The molecule has 0 saturated carbocycles. The Labute approximate surface area is 160 Å². The van der Waals surface area contributed by atoms with Crippen molar-refractivity contribution in [2.24, 2.45) is 0 Å². The standard InChI is InChI=1S/C20H29N5O2/c1-4-15-9-5-7-12-24(15)20(27)18-22-17(16-10-6-8-13-25(16)18)19(26)21-11-14-23(2)3/h6,8,10,13,15H,4-5,7,9,11-12,14H2,1-3H3,(H,21,26). The molecule has 0 bridgehead atoms. The van der Waals surface area contributed by atoms with E-state index in [1.165, 1.54) is 0 Å². The van der Waals surface area contributed by atoms with Gasteiger partial charge in [-0.05, 0) is 51.9 Å². The first kappa shape index (κ1) is 19.4. The van der Waals surface area contributed by atoms with Crippen LogP contribution < -0.4 is 5.32 Å². The predicted molar refractivity (Wildman–Crippen MR) is 105 cm³/mol. The number of carbonyl (C=O) groups excluding carboxylic acids is 2. The number of nitrogens with one attached hydrogen (secondary N) is 1. The molecule has 1 aliphatic rings. The summed E-state index contributed by atoms with van der Waals surface area (Å²) < 4.78 is 1.74. The summed E-state index contributed by atoms with van der Waals surface area (Å²) in [7, 11) is 3.91. The summed E-state index contributed by atoms with van der Waals surface area (Å²) >= 11 is 0. The largest absolute Gasteiger partial charge is 0.349 e. The minimum atomic E-state index is -0.245. The van der Waals surface area contributed by atoms with Crippen LogP contribution in [0.1, 0.15) is 53.7 Å². The molecule has 7 heteroatoms. The molecule has 0 aromatic carbocycles. The normalized spacial score (nSPS) is 17.5. The lowest BCUT2D eigenvalue weighted by Gasteiger charge is -2.34. The van der Waals surface area contributed by atoms with Crippen LogP contribution in [-0.2, 0) is 0 Å². The minimum absolute atomic E-state index is 0.0879. The van der Waals surface area contributed by atoms with E-state index in [0.29, 0.717) is 23.6 Å². The maximum atomic E-state index is 13.2. The number of likely N-dealkylation sites (N-methyl/N-ethyl adjacent to an activating group) is 1. The fourth-order valence-corrected chi connectivity index (χ4v) is 3.65. The molecule has 2 amide bonds. The summed E-state index contributed by atoms with van der Waals surface area (Å²) in [4.78, 5) is 34.3. The van der Waals surface area contributed by atoms with E-state index in [4.69, 9.17) is 0 Å². The van der Waals surface area contributed by atoms with Gasteiger partial charge in [0.05, 0.1) is 5.52 Å². The van der Waals surface area contributed by atoms with Gasteiger partial charge in [-0.15, -0.1) is 0 Å². The van der Waals surface area contributed by atoms with Gasteiger partial charge in [-0.1, -0.05) is 13.0 Å². The first-order chi connectivity index (χ1) is 13.0. The number of amides is 2. The lowest BCUT2D eigenvalue weighted by atomic mass is 10.00. The Morgan fingerprint density at radius 3 is 2.85 bits per heavy atom. The van der Waals surface area contributed by atoms with Gasteiger partial charge in [-0.3, -0.25) is 14.0 Å². The summed E-state index contributed by atoms with van der Waals surface area (Å²) in [6.45, 7) is 4.15. The zero-order valence-electron chi connectivity index (χ0n) is 16.4. The molecule has 0 aliphatic carbocycles. The van der Waals surface area contributed by atoms with Crippen molar-refractivity contribution >= 4 is 17.3 Å². The van der Waals surface area contributed by atoms with Gasteiger partial charge in [0.15, 0.2) is 5.69 Å². The molecule has 1 unspecified atom stereocenters. The molecule has 0 radical (unpaired) electrons. The Bertz CT molecular complexity index is 814. The van der Waals surface area contributed by atoms with Gasteiger partial charge in [-0.25, -0.2) is 4.98 Å². The Balaban J connectivity index is 1.90. The van der Waals surface area contributed by atoms with Crippen molar-refractivity contribution in [1.82, 2.24) is 24.5 Å². The molecule has 2 aromatic rings. The molecular weight excluding hydrogens is 342 g/mol. The molecule has 1 aliphatic heterocycles. The van der Waals surface area contributed by atoms with E-state index >= 15 is 0 Å². The van der Waals surface area contributed by atoms with Crippen LogP contribution in [0.5, 0.6) is 0 Å². The Hall–Kier alpha value is -2.41. The van der Waals surface area contributed by atoms with E-state index in [-0.39, 0.29) is 17.9 Å². The fourth-order valence-electron chi connectivity index (χ4n) is 3.65. The summed E-state index contributed by atoms with van der Waals surface area (Å²) in [6.07, 6.45) is 5.95. The summed E-state index contributed by atoms with van der Waals surface area (Å²) in [5, 5.41) is 2.89. The number of hydrogen-bond acceptors (Lipinski definition) is 4. The molecule has 0 spiro atoms. The third kappa shape index (κ3) is 4.13. The quantitative estimate of drug-likeness (QED) is 0.844. The molecule has 7 nitrogen and oxygen atoms in total. The molecule has 27 heavy (non-hydrogen) atoms. The average Bonchev–Trinajstić information content (AvgIpc) is 3.07. The molecule has 1 N–H and O–H groups in total. The van der Waals surface area contributed by atoms with Crippen LogP contribution in [0.3, 0.4) is 0 Å². The molecule has 1 fully saturated rings. The van der Waals surface area contributed by atoms with Gasteiger partial charge < -0.3 is 15.1 Å². The van der Waals surface area contributed by atoms with E-state index in [9.17, 15) is 9.59 Å². The molecule has 3 heterocycles. The first-order valence-electron chi connectivity index (χ1n) is 9.74. The van der Waals surface area contributed by atoms with Crippen LogP contribution in [0.15, 0.2) is 24.4 Å². The monoisotopic (exact) mass is 371 g/mol. The van der Waals surface area contributed by atoms with Crippen molar-refractivity contribution in [2.45, 2.75) is 38.6 Å². The highest BCUT2D eigenvalue weighted by atomic mass is 16.2. The Kier molecular flexibility index (Phi) is 6.11. The average molecular weight is 371 g/mol. The van der Waals surface area contributed by atoms with Crippen molar-refractivity contribution in [3.8, 4) is 0 Å². The van der Waals surface area contributed by atoms with Crippen LogP contribution in [0.2, 0.25) is 0 Å². The summed E-state index contributed by atoms with van der Waals surface area (Å²) in [6, 6.07) is 5.79. The minimum Gasteiger partial charge on any atom is -0.349 e. The highest BCUT2D eigenvalue weighted by Gasteiger charge is 2.30. The van der Waals surface area contributed by atoms with Crippen LogP contribution in [0.4, 0.5) is 0 Å². The number of fused-ring (bicyclic) bond motifs is 1. The fraction of sp³-hybridized carbons (Fsp3) is 0.550. The second-order valence-electron chi connectivity index (χ2n) is 7.36. The van der Waals surface area contributed by atoms with E-state index in [0.717, 1.165) is 38.8 Å². The van der Waals surface area contributed by atoms with E-state index in [1.54, 1.807) is 10.6 Å². The SMILES string of the molecule is CCC1CCCCN1C(=O)c1nc(C(=O)NCCN(C)C)c2ccccn12. The number of imidazole rings is 1. The molecule has 146 valence electrons. The number of hydrogen-bond donors (Lipinski definition) is 1. The van der Waals surface area contributed by atoms with Crippen molar-refractivity contribution < 1.29 is 9.59 Å². The number of rotatable bonds is 6. The zero-order valence-corrected chi connectivity index (χ0v) is 16.4. The Morgan fingerprint density at radius 1 is 1.30 bits per heavy atom. The Morgan fingerprint density at radius 2 is 2.11 bits per heavy atom. The van der Waals surface area contributed by atoms with E-state index in [2.05, 4.69) is 17.2 Å². The van der Waals surface area contributed by atoms with Gasteiger partial charge in [0.1, 0.15) is 0 Å². The van der Waals surface area contributed by atoms with E-state index < -0.39 is 0 Å². The van der Waals surface area contributed by atoms with Crippen LogP contribution in [0.25, 0.3) is 5.52 Å². The van der Waals surface area contributed by atoms with Crippen molar-refractivity contribution in [2.75, 3.05) is 33.7 Å². The lowest BCUT2D eigenvalue weighted by molar-refractivity contribution is 0.0594. The molecule has 3 rings (SSSR count). The zero-order chi connectivity index (χ0) is 19.4. The van der Waals surface area contributed by atoms with Gasteiger partial charge in [0.2, 0.25) is 5.82 Å². The predicted octanol–water partition coefficient (Wildman–Crippen LogP) is 2.03. The number of pyridine rings is 1. The summed E-state index contributed by atoms with van der Waals surface area (Å²) in [5.74, 6) is -0.0101. The van der Waals surface area contributed by atoms with Crippen LogP contribution in [0, 0.1) is 0 Å². The second kappa shape index (κ2) is 8.52. The second-order valence-corrected chi connectivity index (χ2v) is 7.36. The van der Waals surface area contributed by atoms with E-state index in [1.807, 2.05) is 42.1 Å². The highest BCUT2D eigenvalue weighted by molar-refractivity contribution is 6.02. The maximum Gasteiger partial charge on any atom is 0.290 e. The number of piperidine rings is 1. The number of aromatic nitrogens is 2. The topological polar surface area (TPSA) is 70.0 Å². The first-order valence-corrected chi connectivity index (χ1v) is 9.74. The van der Waals surface area contributed by atoms with Crippen LogP contribution >= 0.6 is 0 Å². The van der Waals surface area contributed by atoms with Gasteiger partial charge in [0.25, 0.3) is 11.8 Å². The third-order valence-corrected chi connectivity index (χ3v) is 5.16. The molecule has 2 aromatic heterocycles. The number of carbonyl (C=O) groups is 2. The molecular formula is C20H29N5O2. The smallest absolute Gasteiger partial charge is 0.290 e. The summed E-state index contributed by atoms with van der Waals surface area (Å²) in [5.41, 5.74) is 0.969. The van der Waals surface area contributed by atoms with Gasteiger partial charge in [0, 0.05) is 31.9 Å². The molecule has 1 atom stereocenters. The van der Waals surface area contributed by atoms with Crippen molar-refractivity contribution in [3.63, 3.8) is 0 Å². The van der Waals surface area contributed by atoms with Crippen molar-refractivity contribution in [1.29, 1.82) is 0 Å². The van der Waals surface area contributed by atoms with Gasteiger partial charge in [-0.2, -0.15) is 0 Å². The van der Waals surface area contributed by atoms with Gasteiger partial charge >= 0.3 is 0 Å². The highest BCUT2D eigenvalue weighted by Crippen LogP contribution is 2.23. The maximum absolute atomic E-state index is 13.2. The lowest BCUT2D eigenvalue weighted by Crippen LogP contribution is -2.44.